The maximum Gasteiger partial charge on any atom is 0.326 e. The van der Waals surface area contributed by atoms with Gasteiger partial charge in [-0.15, -0.1) is 0 Å². The maximum atomic E-state index is 13.4. The third-order valence-corrected chi connectivity index (χ3v) is 5.72. The van der Waals surface area contributed by atoms with Crippen LogP contribution in [0.2, 0.25) is 0 Å². The van der Waals surface area contributed by atoms with Crippen LogP contribution in [-0.2, 0) is 19.2 Å². The van der Waals surface area contributed by atoms with E-state index in [1.54, 1.807) is 30.3 Å². The number of nitrogens with zero attached hydrogens (tertiary/aromatic N) is 2. The minimum atomic E-state index is -1.16. The smallest absolute Gasteiger partial charge is 0.326 e. The average molecular weight is 417 g/mol. The van der Waals surface area contributed by atoms with Gasteiger partial charge in [-0.25, -0.2) is 4.79 Å². The molecule has 3 atom stereocenters. The number of hydrogen-bond acceptors (Lipinski definition) is 5. The zero-order valence-electron chi connectivity index (χ0n) is 16.7. The third kappa shape index (κ3) is 4.96. The SMILES string of the molecule is O=C(O)CN(CC(C(=O)N1CCC[C@H]1C(=O)O)c1ccccc1)C(=O)[C@@H]1CCCN1. The maximum absolute atomic E-state index is 13.4. The fraction of sp³-hybridized carbons (Fsp3) is 0.524. The Balaban J connectivity index is 1.88. The van der Waals surface area contributed by atoms with Gasteiger partial charge in [-0.2, -0.15) is 0 Å². The lowest BCUT2D eigenvalue weighted by molar-refractivity contribution is -0.150. The Morgan fingerprint density at radius 2 is 1.83 bits per heavy atom. The quantitative estimate of drug-likeness (QED) is 0.562. The number of nitrogens with one attached hydrogen (secondary N) is 1. The fourth-order valence-electron chi connectivity index (χ4n) is 4.23. The van der Waals surface area contributed by atoms with E-state index in [9.17, 15) is 29.4 Å². The van der Waals surface area contributed by atoms with E-state index in [1.807, 2.05) is 0 Å². The Morgan fingerprint density at radius 3 is 2.43 bits per heavy atom. The first-order chi connectivity index (χ1) is 14.4. The highest BCUT2D eigenvalue weighted by Crippen LogP contribution is 2.26. The van der Waals surface area contributed by atoms with Crippen LogP contribution < -0.4 is 5.32 Å². The van der Waals surface area contributed by atoms with Gasteiger partial charge in [0.15, 0.2) is 0 Å². The summed E-state index contributed by atoms with van der Waals surface area (Å²) in [4.78, 5) is 51.9. The largest absolute Gasteiger partial charge is 0.480 e. The van der Waals surface area contributed by atoms with Gasteiger partial charge in [-0.3, -0.25) is 14.4 Å². The van der Waals surface area contributed by atoms with Crippen LogP contribution in [0.25, 0.3) is 0 Å². The minimum absolute atomic E-state index is 0.116. The van der Waals surface area contributed by atoms with E-state index in [0.717, 1.165) is 6.42 Å². The lowest BCUT2D eigenvalue weighted by Gasteiger charge is -2.32. The number of aliphatic carboxylic acids is 2. The molecule has 1 aromatic carbocycles. The average Bonchev–Trinajstić information content (AvgIpc) is 3.42. The standard InChI is InChI=1S/C21H27N3O6/c25-18(26)13-23(20(28)16-8-4-10-22-16)12-15(14-6-2-1-3-7-14)19(27)24-11-5-9-17(24)21(29)30/h1-3,6-7,15-17,22H,4-5,8-13H2,(H,25,26)(H,29,30)/t15?,16-,17-/m0/s1. The van der Waals surface area contributed by atoms with E-state index in [-0.39, 0.29) is 12.5 Å². The first-order valence-electron chi connectivity index (χ1n) is 10.2. The Morgan fingerprint density at radius 1 is 1.10 bits per heavy atom. The van der Waals surface area contributed by atoms with Crippen molar-refractivity contribution in [3.63, 3.8) is 0 Å². The van der Waals surface area contributed by atoms with E-state index >= 15 is 0 Å². The molecule has 2 aliphatic heterocycles. The highest BCUT2D eigenvalue weighted by atomic mass is 16.4. The van der Waals surface area contributed by atoms with E-state index in [2.05, 4.69) is 5.32 Å². The summed E-state index contributed by atoms with van der Waals surface area (Å²) in [6, 6.07) is 7.44. The number of benzene rings is 1. The highest BCUT2D eigenvalue weighted by molar-refractivity contribution is 5.90. The Bertz CT molecular complexity index is 793. The van der Waals surface area contributed by atoms with Crippen LogP contribution in [-0.4, -0.2) is 82.0 Å². The highest BCUT2D eigenvalue weighted by Gasteiger charge is 2.39. The van der Waals surface area contributed by atoms with Gasteiger partial charge in [-0.05, 0) is 37.8 Å². The van der Waals surface area contributed by atoms with Crippen LogP contribution in [0, 0.1) is 0 Å². The molecule has 2 amide bonds. The molecule has 30 heavy (non-hydrogen) atoms. The molecule has 0 saturated carbocycles. The van der Waals surface area contributed by atoms with Crippen molar-refractivity contribution in [2.75, 3.05) is 26.2 Å². The van der Waals surface area contributed by atoms with Crippen molar-refractivity contribution in [1.29, 1.82) is 0 Å². The number of amides is 2. The van der Waals surface area contributed by atoms with Crippen LogP contribution >= 0.6 is 0 Å². The number of carboxylic acids is 2. The van der Waals surface area contributed by atoms with Gasteiger partial charge in [0, 0.05) is 13.1 Å². The van der Waals surface area contributed by atoms with Crippen molar-refractivity contribution in [3.8, 4) is 0 Å². The minimum Gasteiger partial charge on any atom is -0.480 e. The van der Waals surface area contributed by atoms with Gasteiger partial charge < -0.3 is 25.3 Å². The first kappa shape index (κ1) is 21.8. The molecule has 2 heterocycles. The molecule has 9 heteroatoms. The molecule has 3 rings (SSSR count). The molecule has 1 unspecified atom stereocenters. The van der Waals surface area contributed by atoms with E-state index in [4.69, 9.17) is 0 Å². The summed E-state index contributed by atoms with van der Waals surface area (Å²) in [6.07, 6.45) is 2.42. The van der Waals surface area contributed by atoms with Gasteiger partial charge in [0.05, 0.1) is 12.0 Å². The summed E-state index contributed by atoms with van der Waals surface area (Å²) in [6.45, 7) is 0.383. The summed E-state index contributed by atoms with van der Waals surface area (Å²) in [5.74, 6) is -3.80. The fourth-order valence-corrected chi connectivity index (χ4v) is 4.23. The van der Waals surface area contributed by atoms with Crippen molar-refractivity contribution in [3.05, 3.63) is 35.9 Å². The number of likely N-dealkylation sites (tertiary alicyclic amines) is 1. The van der Waals surface area contributed by atoms with E-state index < -0.39 is 42.4 Å². The van der Waals surface area contributed by atoms with Crippen molar-refractivity contribution >= 4 is 23.8 Å². The number of rotatable bonds is 8. The second kappa shape index (κ2) is 9.71. The second-order valence-electron chi connectivity index (χ2n) is 7.75. The molecule has 0 aromatic heterocycles. The van der Waals surface area contributed by atoms with Gasteiger partial charge in [0.2, 0.25) is 11.8 Å². The summed E-state index contributed by atoms with van der Waals surface area (Å²) < 4.78 is 0. The monoisotopic (exact) mass is 417 g/mol. The van der Waals surface area contributed by atoms with Crippen LogP contribution in [0.5, 0.6) is 0 Å². The predicted octanol–water partition coefficient (Wildman–Crippen LogP) is 0.511. The van der Waals surface area contributed by atoms with Gasteiger partial charge >= 0.3 is 11.9 Å². The van der Waals surface area contributed by atoms with Crippen molar-refractivity contribution < 1.29 is 29.4 Å². The van der Waals surface area contributed by atoms with Crippen LogP contribution in [0.1, 0.15) is 37.2 Å². The Labute approximate surface area is 174 Å². The molecule has 2 fully saturated rings. The van der Waals surface area contributed by atoms with Gasteiger partial charge in [0.1, 0.15) is 12.6 Å². The van der Waals surface area contributed by atoms with Crippen LogP contribution in [0.3, 0.4) is 0 Å². The molecule has 2 aliphatic rings. The zero-order chi connectivity index (χ0) is 21.7. The molecule has 2 saturated heterocycles. The lowest BCUT2D eigenvalue weighted by Crippen LogP contribution is -2.50. The molecule has 3 N–H and O–H groups in total. The number of carbonyl (C=O) groups excluding carboxylic acids is 2. The van der Waals surface area contributed by atoms with Crippen LogP contribution in [0.4, 0.5) is 0 Å². The Kier molecular flexibility index (Phi) is 7.04. The predicted molar refractivity (Wildman–Crippen MR) is 107 cm³/mol. The van der Waals surface area contributed by atoms with Crippen molar-refractivity contribution in [2.45, 2.75) is 43.7 Å². The van der Waals surface area contributed by atoms with Crippen molar-refractivity contribution in [2.24, 2.45) is 0 Å². The topological polar surface area (TPSA) is 127 Å². The van der Waals surface area contributed by atoms with Crippen molar-refractivity contribution in [1.82, 2.24) is 15.1 Å². The lowest BCUT2D eigenvalue weighted by atomic mass is 9.96. The summed E-state index contributed by atoms with van der Waals surface area (Å²) in [5, 5.41) is 21.9. The molecular formula is C21H27N3O6. The summed E-state index contributed by atoms with van der Waals surface area (Å²) in [7, 11) is 0. The summed E-state index contributed by atoms with van der Waals surface area (Å²) >= 11 is 0. The third-order valence-electron chi connectivity index (χ3n) is 5.72. The number of carboxylic acid groups (broad SMARTS) is 2. The molecule has 1 aromatic rings. The Hall–Kier alpha value is -2.94. The number of carbonyl (C=O) groups is 4. The van der Waals surface area contributed by atoms with E-state index in [1.165, 1.54) is 9.80 Å². The molecular weight excluding hydrogens is 390 g/mol. The van der Waals surface area contributed by atoms with Gasteiger partial charge in [-0.1, -0.05) is 30.3 Å². The molecule has 0 radical (unpaired) electrons. The summed E-state index contributed by atoms with van der Waals surface area (Å²) in [5.41, 5.74) is 0.626. The first-order valence-corrected chi connectivity index (χ1v) is 10.2. The van der Waals surface area contributed by atoms with Gasteiger partial charge in [0.25, 0.3) is 0 Å². The second-order valence-corrected chi connectivity index (χ2v) is 7.75. The zero-order valence-corrected chi connectivity index (χ0v) is 16.7. The van der Waals surface area contributed by atoms with E-state index in [0.29, 0.717) is 37.9 Å². The molecule has 0 aliphatic carbocycles. The molecule has 162 valence electrons. The molecule has 0 bridgehead atoms. The van der Waals surface area contributed by atoms with Crippen LogP contribution in [0.15, 0.2) is 30.3 Å². The normalized spacial score (nSPS) is 21.9. The number of hydrogen-bond donors (Lipinski definition) is 3. The molecule has 0 spiro atoms. The molecule has 9 nitrogen and oxygen atoms in total.